The maximum Gasteiger partial charge on any atom is 0.191 e. The summed E-state index contributed by atoms with van der Waals surface area (Å²) >= 11 is 1.53. The molecule has 2 aromatic heterocycles. The molecule has 2 rings (SSSR count). The minimum atomic E-state index is 0.640. The summed E-state index contributed by atoms with van der Waals surface area (Å²) in [5.41, 5.74) is 0. The van der Waals surface area contributed by atoms with Crippen LogP contribution in [-0.4, -0.2) is 32.3 Å². The third-order valence-corrected chi connectivity index (χ3v) is 3.34. The number of hydrogen-bond donors (Lipinski definition) is 2. The molecular formula is C13H20N6S. The first-order chi connectivity index (χ1) is 9.72. The summed E-state index contributed by atoms with van der Waals surface area (Å²) in [7, 11) is 1.98. The van der Waals surface area contributed by atoms with E-state index < -0.39 is 0 Å². The standard InChI is InChI=1S/C13H20N6S/c1-4-5-14-10-8-11(18-13(17-10)20-3)16-9-12-15-6-7-19(12)2/h6-8H,4-5,9H2,1-3H3,(H2,14,16,17,18). The number of anilines is 2. The van der Waals surface area contributed by atoms with E-state index in [4.69, 9.17) is 0 Å². The van der Waals surface area contributed by atoms with E-state index in [1.807, 2.05) is 30.1 Å². The van der Waals surface area contributed by atoms with Gasteiger partial charge in [0, 0.05) is 32.1 Å². The average Bonchev–Trinajstić information content (AvgIpc) is 2.88. The quantitative estimate of drug-likeness (QED) is 0.603. The largest absolute Gasteiger partial charge is 0.370 e. The van der Waals surface area contributed by atoms with Crippen molar-refractivity contribution >= 4 is 23.4 Å². The zero-order valence-corrected chi connectivity index (χ0v) is 12.9. The van der Waals surface area contributed by atoms with Gasteiger partial charge >= 0.3 is 0 Å². The molecule has 0 aliphatic carbocycles. The van der Waals surface area contributed by atoms with Gasteiger partial charge in [-0.1, -0.05) is 18.7 Å². The molecule has 0 saturated carbocycles. The van der Waals surface area contributed by atoms with Crippen molar-refractivity contribution in [3.05, 3.63) is 24.3 Å². The molecule has 2 aromatic rings. The van der Waals surface area contributed by atoms with Crippen LogP contribution in [0.15, 0.2) is 23.6 Å². The summed E-state index contributed by atoms with van der Waals surface area (Å²) in [6.07, 6.45) is 6.76. The minimum Gasteiger partial charge on any atom is -0.370 e. The predicted molar refractivity (Wildman–Crippen MR) is 83.1 cm³/mol. The van der Waals surface area contributed by atoms with Crippen LogP contribution < -0.4 is 10.6 Å². The van der Waals surface area contributed by atoms with Crippen LogP contribution in [0.3, 0.4) is 0 Å². The number of aryl methyl sites for hydroxylation is 1. The van der Waals surface area contributed by atoms with Gasteiger partial charge in [-0.15, -0.1) is 0 Å². The second kappa shape index (κ2) is 7.14. The van der Waals surface area contributed by atoms with Gasteiger partial charge < -0.3 is 15.2 Å². The number of imidazole rings is 1. The number of nitrogens with zero attached hydrogens (tertiary/aromatic N) is 4. The number of nitrogens with one attached hydrogen (secondary N) is 2. The lowest BCUT2D eigenvalue weighted by Crippen LogP contribution is -2.09. The Morgan fingerprint density at radius 3 is 2.60 bits per heavy atom. The van der Waals surface area contributed by atoms with Crippen molar-refractivity contribution in [3.8, 4) is 0 Å². The molecule has 2 N–H and O–H groups in total. The van der Waals surface area contributed by atoms with Gasteiger partial charge in [0.05, 0.1) is 6.54 Å². The number of rotatable bonds is 7. The van der Waals surface area contributed by atoms with Gasteiger partial charge in [0.2, 0.25) is 0 Å². The van der Waals surface area contributed by atoms with Crippen molar-refractivity contribution in [2.75, 3.05) is 23.4 Å². The number of hydrogen-bond acceptors (Lipinski definition) is 6. The second-order valence-electron chi connectivity index (χ2n) is 4.36. The first kappa shape index (κ1) is 14.6. The molecule has 0 fully saturated rings. The highest BCUT2D eigenvalue weighted by Gasteiger charge is 2.05. The van der Waals surface area contributed by atoms with E-state index in [-0.39, 0.29) is 0 Å². The molecule has 0 aliphatic rings. The highest BCUT2D eigenvalue weighted by Crippen LogP contribution is 2.17. The number of thioether (sulfide) groups is 1. The molecular weight excluding hydrogens is 272 g/mol. The fourth-order valence-corrected chi connectivity index (χ4v) is 2.07. The van der Waals surface area contributed by atoms with Gasteiger partial charge in [-0.05, 0) is 12.7 Å². The number of aromatic nitrogens is 4. The Morgan fingerprint density at radius 1 is 1.25 bits per heavy atom. The lowest BCUT2D eigenvalue weighted by atomic mass is 10.4. The molecule has 0 aliphatic heterocycles. The van der Waals surface area contributed by atoms with E-state index in [1.54, 1.807) is 6.20 Å². The summed E-state index contributed by atoms with van der Waals surface area (Å²) < 4.78 is 1.99. The first-order valence-corrected chi connectivity index (χ1v) is 7.82. The van der Waals surface area contributed by atoms with Crippen molar-refractivity contribution in [2.24, 2.45) is 7.05 Å². The van der Waals surface area contributed by atoms with Crippen LogP contribution in [0, 0.1) is 0 Å². The Labute approximate surface area is 123 Å². The smallest absolute Gasteiger partial charge is 0.191 e. The Balaban J connectivity index is 2.07. The highest BCUT2D eigenvalue weighted by molar-refractivity contribution is 7.98. The maximum atomic E-state index is 4.45. The van der Waals surface area contributed by atoms with Gasteiger partial charge in [0.15, 0.2) is 5.16 Å². The van der Waals surface area contributed by atoms with Gasteiger partial charge in [-0.2, -0.15) is 0 Å². The van der Waals surface area contributed by atoms with E-state index in [9.17, 15) is 0 Å². The fraction of sp³-hybridized carbons (Fsp3) is 0.462. The predicted octanol–water partition coefficient (Wildman–Crippen LogP) is 2.37. The van der Waals surface area contributed by atoms with Crippen molar-refractivity contribution in [3.63, 3.8) is 0 Å². The van der Waals surface area contributed by atoms with Gasteiger partial charge in [-0.3, -0.25) is 0 Å². The molecule has 0 spiro atoms. The topological polar surface area (TPSA) is 67.7 Å². The van der Waals surface area contributed by atoms with Crippen LogP contribution in [0.4, 0.5) is 11.6 Å². The van der Waals surface area contributed by atoms with E-state index in [2.05, 4.69) is 32.5 Å². The summed E-state index contributed by atoms with van der Waals surface area (Å²) in [6, 6.07) is 1.93. The van der Waals surface area contributed by atoms with Crippen molar-refractivity contribution < 1.29 is 0 Å². The SMILES string of the molecule is CCCNc1cc(NCc2nccn2C)nc(SC)n1. The minimum absolute atomic E-state index is 0.640. The molecule has 0 amide bonds. The molecule has 0 radical (unpaired) electrons. The molecule has 0 bridgehead atoms. The zero-order valence-electron chi connectivity index (χ0n) is 12.1. The third-order valence-electron chi connectivity index (χ3n) is 2.79. The molecule has 6 nitrogen and oxygen atoms in total. The molecule has 108 valence electrons. The highest BCUT2D eigenvalue weighted by atomic mass is 32.2. The van der Waals surface area contributed by atoms with Crippen LogP contribution in [0.25, 0.3) is 0 Å². The molecule has 7 heteroatoms. The van der Waals surface area contributed by atoms with Gasteiger partial charge in [0.1, 0.15) is 17.5 Å². The molecule has 20 heavy (non-hydrogen) atoms. The van der Waals surface area contributed by atoms with E-state index in [1.165, 1.54) is 11.8 Å². The van der Waals surface area contributed by atoms with Crippen molar-refractivity contribution in [1.29, 1.82) is 0 Å². The Bertz CT molecular complexity index is 554. The Morgan fingerprint density at radius 2 is 2.00 bits per heavy atom. The molecule has 2 heterocycles. The zero-order chi connectivity index (χ0) is 14.4. The second-order valence-corrected chi connectivity index (χ2v) is 5.13. The van der Waals surface area contributed by atoms with Crippen LogP contribution in [-0.2, 0) is 13.6 Å². The van der Waals surface area contributed by atoms with E-state index >= 15 is 0 Å². The third kappa shape index (κ3) is 3.86. The summed E-state index contributed by atoms with van der Waals surface area (Å²) in [5.74, 6) is 2.64. The summed E-state index contributed by atoms with van der Waals surface area (Å²) in [5, 5.41) is 7.34. The van der Waals surface area contributed by atoms with Crippen LogP contribution in [0.2, 0.25) is 0 Å². The Hall–Kier alpha value is -1.76. The normalized spacial score (nSPS) is 10.6. The summed E-state index contributed by atoms with van der Waals surface area (Å²) in [6.45, 7) is 3.68. The molecule has 0 unspecified atom stereocenters. The average molecular weight is 292 g/mol. The molecule has 0 aromatic carbocycles. The van der Waals surface area contributed by atoms with Crippen molar-refractivity contribution in [1.82, 2.24) is 19.5 Å². The van der Waals surface area contributed by atoms with E-state index in [0.29, 0.717) is 6.54 Å². The Kier molecular flexibility index (Phi) is 5.23. The first-order valence-electron chi connectivity index (χ1n) is 6.60. The molecule has 0 saturated heterocycles. The van der Waals surface area contributed by atoms with Gasteiger partial charge in [-0.25, -0.2) is 15.0 Å². The van der Waals surface area contributed by atoms with Crippen LogP contribution in [0.5, 0.6) is 0 Å². The lowest BCUT2D eigenvalue weighted by Gasteiger charge is -2.10. The van der Waals surface area contributed by atoms with E-state index in [0.717, 1.165) is 35.6 Å². The lowest BCUT2D eigenvalue weighted by molar-refractivity contribution is 0.807. The molecule has 0 atom stereocenters. The van der Waals surface area contributed by atoms with Crippen molar-refractivity contribution in [2.45, 2.75) is 25.0 Å². The maximum absolute atomic E-state index is 4.45. The van der Waals surface area contributed by atoms with Crippen LogP contribution >= 0.6 is 11.8 Å². The summed E-state index contributed by atoms with van der Waals surface area (Å²) in [4.78, 5) is 13.2. The monoisotopic (exact) mass is 292 g/mol. The van der Waals surface area contributed by atoms with Gasteiger partial charge in [0.25, 0.3) is 0 Å². The fourth-order valence-electron chi connectivity index (χ4n) is 1.69. The van der Waals surface area contributed by atoms with Crippen LogP contribution in [0.1, 0.15) is 19.2 Å².